The van der Waals surface area contributed by atoms with Crippen molar-refractivity contribution in [3.05, 3.63) is 70.4 Å². The number of amides is 1. The number of aromatic nitrogens is 2. The number of thiazole rings is 1. The molecule has 0 radical (unpaired) electrons. The number of aryl methyl sites for hydroxylation is 1. The molecule has 26 heavy (non-hydrogen) atoms. The van der Waals surface area contributed by atoms with E-state index < -0.39 is 0 Å². The van der Waals surface area contributed by atoms with Gasteiger partial charge in [0.25, 0.3) is 5.91 Å². The molecule has 2 aromatic heterocycles. The van der Waals surface area contributed by atoms with Gasteiger partial charge in [-0.3, -0.25) is 10.1 Å². The van der Waals surface area contributed by atoms with E-state index in [1.54, 1.807) is 35.9 Å². The van der Waals surface area contributed by atoms with Crippen LogP contribution in [0.15, 0.2) is 53.9 Å². The molecule has 130 valence electrons. The number of rotatable bonds is 3. The van der Waals surface area contributed by atoms with Gasteiger partial charge in [-0.1, -0.05) is 23.7 Å². The molecule has 0 spiro atoms. The van der Waals surface area contributed by atoms with E-state index in [0.29, 0.717) is 21.4 Å². The molecule has 0 aliphatic carbocycles. The predicted octanol–water partition coefficient (Wildman–Crippen LogP) is 5.35. The number of benzene rings is 2. The second-order valence-corrected chi connectivity index (χ2v) is 7.09. The summed E-state index contributed by atoms with van der Waals surface area (Å²) in [5, 5.41) is 6.63. The Hall–Kier alpha value is -2.70. The van der Waals surface area contributed by atoms with Gasteiger partial charge in [0.1, 0.15) is 11.5 Å². The first kappa shape index (κ1) is 16.8. The van der Waals surface area contributed by atoms with Gasteiger partial charge >= 0.3 is 0 Å². The third kappa shape index (κ3) is 3.09. The van der Waals surface area contributed by atoms with E-state index >= 15 is 0 Å². The number of carbonyl (C=O) groups is 1. The monoisotopic (exact) mass is 385 g/mol. The molecule has 4 rings (SSSR count). The first-order chi connectivity index (χ1) is 12.5. The fraction of sp³-hybridized carbons (Fsp3) is 0.0526. The van der Waals surface area contributed by atoms with E-state index in [9.17, 15) is 9.18 Å². The number of nitrogens with zero attached hydrogens (tertiary/aromatic N) is 2. The van der Waals surface area contributed by atoms with Crippen molar-refractivity contribution >= 4 is 44.9 Å². The van der Waals surface area contributed by atoms with Crippen LogP contribution in [0.5, 0.6) is 0 Å². The molecular weight excluding hydrogens is 373 g/mol. The maximum Gasteiger partial charge on any atom is 0.274 e. The van der Waals surface area contributed by atoms with Crippen LogP contribution < -0.4 is 5.32 Å². The van der Waals surface area contributed by atoms with Gasteiger partial charge in [0, 0.05) is 28.4 Å². The number of halogens is 2. The number of fused-ring (bicyclic) bond motifs is 1. The minimum absolute atomic E-state index is 0.291. The molecule has 2 heterocycles. The van der Waals surface area contributed by atoms with Gasteiger partial charge in [0.15, 0.2) is 5.13 Å². The lowest BCUT2D eigenvalue weighted by atomic mass is 10.2. The van der Waals surface area contributed by atoms with Crippen molar-refractivity contribution in [2.24, 2.45) is 7.05 Å². The van der Waals surface area contributed by atoms with E-state index in [2.05, 4.69) is 10.3 Å². The van der Waals surface area contributed by atoms with Gasteiger partial charge in [0.05, 0.1) is 11.2 Å². The van der Waals surface area contributed by atoms with Crippen molar-refractivity contribution in [2.45, 2.75) is 0 Å². The summed E-state index contributed by atoms with van der Waals surface area (Å²) in [6.45, 7) is 0. The maximum absolute atomic E-state index is 13.4. The lowest BCUT2D eigenvalue weighted by Gasteiger charge is -2.04. The Morgan fingerprint density at radius 2 is 1.96 bits per heavy atom. The molecular formula is C19H13ClFN3OS. The number of hydrogen-bond donors (Lipinski definition) is 1. The highest BCUT2D eigenvalue weighted by Gasteiger charge is 2.15. The van der Waals surface area contributed by atoms with Gasteiger partial charge in [-0.25, -0.2) is 9.37 Å². The molecule has 0 atom stereocenters. The normalized spacial score (nSPS) is 11.0. The molecule has 0 saturated carbocycles. The molecule has 0 fully saturated rings. The Balaban J connectivity index is 1.59. The summed E-state index contributed by atoms with van der Waals surface area (Å²) in [6, 6.07) is 13.5. The summed E-state index contributed by atoms with van der Waals surface area (Å²) in [4.78, 5) is 17.1. The van der Waals surface area contributed by atoms with E-state index in [0.717, 1.165) is 16.6 Å². The number of hydrogen-bond acceptors (Lipinski definition) is 3. The molecule has 0 aliphatic rings. The highest BCUT2D eigenvalue weighted by Crippen LogP contribution is 2.27. The second kappa shape index (κ2) is 6.55. The van der Waals surface area contributed by atoms with Gasteiger partial charge in [-0.15, -0.1) is 11.3 Å². The first-order valence-corrected chi connectivity index (χ1v) is 9.05. The molecule has 4 aromatic rings. The summed E-state index contributed by atoms with van der Waals surface area (Å²) in [5.74, 6) is -0.626. The standard InChI is InChI=1S/C19H13ClFN3OS/c1-24-16-9-14(21)7-4-12(16)8-17(24)18(25)23-19-22-15(10-26-19)11-2-5-13(20)6-3-11/h2-10H,1H3,(H,22,23,25). The van der Waals surface area contributed by atoms with Crippen LogP contribution in [0.3, 0.4) is 0 Å². The van der Waals surface area contributed by atoms with Crippen LogP contribution in [0.4, 0.5) is 9.52 Å². The number of anilines is 1. The average molecular weight is 386 g/mol. The summed E-state index contributed by atoms with van der Waals surface area (Å²) in [5.41, 5.74) is 2.79. The second-order valence-electron chi connectivity index (χ2n) is 5.79. The fourth-order valence-corrected chi connectivity index (χ4v) is 3.61. The van der Waals surface area contributed by atoms with E-state index in [4.69, 9.17) is 11.6 Å². The molecule has 0 aliphatic heterocycles. The van der Waals surface area contributed by atoms with Crippen molar-refractivity contribution in [3.8, 4) is 11.3 Å². The Kier molecular flexibility index (Phi) is 4.22. The van der Waals surface area contributed by atoms with Crippen LogP contribution in [0, 0.1) is 5.82 Å². The first-order valence-electron chi connectivity index (χ1n) is 7.79. The molecule has 1 amide bonds. The van der Waals surface area contributed by atoms with Crippen LogP contribution in [-0.2, 0) is 7.05 Å². The third-order valence-electron chi connectivity index (χ3n) is 4.10. The summed E-state index contributed by atoms with van der Waals surface area (Å²) in [6.07, 6.45) is 0. The SMILES string of the molecule is Cn1c(C(=O)Nc2nc(-c3ccc(Cl)cc3)cs2)cc2ccc(F)cc21. The fourth-order valence-electron chi connectivity index (χ4n) is 2.77. The van der Waals surface area contributed by atoms with Crippen molar-refractivity contribution in [2.75, 3.05) is 5.32 Å². The third-order valence-corrected chi connectivity index (χ3v) is 5.11. The van der Waals surface area contributed by atoms with Gasteiger partial charge in [0.2, 0.25) is 0 Å². The van der Waals surface area contributed by atoms with Crippen molar-refractivity contribution < 1.29 is 9.18 Å². The molecule has 0 bridgehead atoms. The minimum atomic E-state index is -0.335. The van der Waals surface area contributed by atoms with Crippen LogP contribution in [-0.4, -0.2) is 15.5 Å². The summed E-state index contributed by atoms with van der Waals surface area (Å²) in [7, 11) is 1.73. The Labute approximate surface area is 157 Å². The van der Waals surface area contributed by atoms with E-state index in [-0.39, 0.29) is 11.7 Å². The zero-order valence-electron chi connectivity index (χ0n) is 13.7. The maximum atomic E-state index is 13.4. The smallest absolute Gasteiger partial charge is 0.274 e. The Morgan fingerprint density at radius 1 is 1.19 bits per heavy atom. The molecule has 0 saturated heterocycles. The largest absolute Gasteiger partial charge is 0.340 e. The van der Waals surface area contributed by atoms with Crippen LogP contribution in [0.25, 0.3) is 22.2 Å². The molecule has 0 unspecified atom stereocenters. The van der Waals surface area contributed by atoms with Gasteiger partial charge in [-0.05, 0) is 36.4 Å². The van der Waals surface area contributed by atoms with Crippen LogP contribution >= 0.6 is 22.9 Å². The lowest BCUT2D eigenvalue weighted by Crippen LogP contribution is -2.15. The summed E-state index contributed by atoms with van der Waals surface area (Å²) >= 11 is 7.24. The Bertz CT molecular complexity index is 1120. The Morgan fingerprint density at radius 3 is 2.73 bits per heavy atom. The van der Waals surface area contributed by atoms with Crippen molar-refractivity contribution in [1.82, 2.24) is 9.55 Å². The molecule has 1 N–H and O–H groups in total. The van der Waals surface area contributed by atoms with Gasteiger partial charge < -0.3 is 4.57 Å². The van der Waals surface area contributed by atoms with Crippen LogP contribution in [0.1, 0.15) is 10.5 Å². The average Bonchev–Trinajstić information content (AvgIpc) is 3.21. The van der Waals surface area contributed by atoms with E-state index in [1.807, 2.05) is 17.5 Å². The van der Waals surface area contributed by atoms with Crippen molar-refractivity contribution in [1.29, 1.82) is 0 Å². The van der Waals surface area contributed by atoms with Crippen LogP contribution in [0.2, 0.25) is 5.02 Å². The van der Waals surface area contributed by atoms with Gasteiger partial charge in [-0.2, -0.15) is 0 Å². The number of carbonyl (C=O) groups excluding carboxylic acids is 1. The predicted molar refractivity (Wildman–Crippen MR) is 103 cm³/mol. The highest BCUT2D eigenvalue weighted by molar-refractivity contribution is 7.14. The molecule has 7 heteroatoms. The zero-order valence-corrected chi connectivity index (χ0v) is 15.2. The molecule has 4 nitrogen and oxygen atoms in total. The number of nitrogens with one attached hydrogen (secondary N) is 1. The quantitative estimate of drug-likeness (QED) is 0.517. The lowest BCUT2D eigenvalue weighted by molar-refractivity contribution is 0.101. The zero-order chi connectivity index (χ0) is 18.3. The summed E-state index contributed by atoms with van der Waals surface area (Å²) < 4.78 is 15.1. The topological polar surface area (TPSA) is 46.9 Å². The van der Waals surface area contributed by atoms with E-state index in [1.165, 1.54) is 23.5 Å². The highest BCUT2D eigenvalue weighted by atomic mass is 35.5. The van der Waals surface area contributed by atoms with Crippen molar-refractivity contribution in [3.63, 3.8) is 0 Å². The minimum Gasteiger partial charge on any atom is -0.340 e. The molecule has 2 aromatic carbocycles.